The minimum Gasteiger partial charge on any atom is -0.325 e. The van der Waals surface area contributed by atoms with Crippen LogP contribution < -0.4 is 10.6 Å². The smallest absolute Gasteiger partial charge is 0.265 e. The van der Waals surface area contributed by atoms with Crippen LogP contribution in [0.4, 0.5) is 11.4 Å². The summed E-state index contributed by atoms with van der Waals surface area (Å²) in [5.74, 6) is -0.189. The summed E-state index contributed by atoms with van der Waals surface area (Å²) in [6.07, 6.45) is 0. The van der Waals surface area contributed by atoms with Crippen LogP contribution in [0.15, 0.2) is 70.9 Å². The molecule has 4 nitrogen and oxygen atoms in total. The van der Waals surface area contributed by atoms with Gasteiger partial charge in [0.1, 0.15) is 0 Å². The van der Waals surface area contributed by atoms with Crippen LogP contribution in [-0.4, -0.2) is 17.1 Å². The number of thiophene rings is 1. The van der Waals surface area contributed by atoms with Crippen molar-refractivity contribution >= 4 is 68.9 Å². The molecule has 0 aliphatic rings. The summed E-state index contributed by atoms with van der Waals surface area (Å²) in [6.45, 7) is 1.86. The number of carbonyl (C=O) groups is 2. The van der Waals surface area contributed by atoms with Gasteiger partial charge in [-0.3, -0.25) is 9.59 Å². The van der Waals surface area contributed by atoms with E-state index in [2.05, 4.69) is 33.2 Å². The molecular weight excluding hydrogens is 491 g/mol. The van der Waals surface area contributed by atoms with Crippen molar-refractivity contribution < 1.29 is 9.59 Å². The van der Waals surface area contributed by atoms with Gasteiger partial charge >= 0.3 is 0 Å². The van der Waals surface area contributed by atoms with Crippen molar-refractivity contribution in [1.82, 2.24) is 0 Å². The van der Waals surface area contributed by atoms with Gasteiger partial charge in [-0.1, -0.05) is 12.1 Å². The van der Waals surface area contributed by atoms with E-state index in [1.165, 1.54) is 23.1 Å². The fourth-order valence-electron chi connectivity index (χ4n) is 2.28. The van der Waals surface area contributed by atoms with Gasteiger partial charge in [-0.2, -0.15) is 0 Å². The van der Waals surface area contributed by atoms with E-state index in [-0.39, 0.29) is 17.1 Å². The molecule has 138 valence electrons. The van der Waals surface area contributed by atoms with Gasteiger partial charge in [0.05, 0.1) is 10.1 Å². The standard InChI is InChI=1S/C20H17IN2O2S2/c1-13(19(24)22-15-9-7-14(21)8-10-15)27-17-5-2-4-16(12-17)23-20(25)18-6-3-11-26-18/h2-13H,1H3,(H,22,24)(H,23,25). The first-order valence-corrected chi connectivity index (χ1v) is 11.0. The molecule has 0 spiro atoms. The highest BCUT2D eigenvalue weighted by Gasteiger charge is 2.15. The summed E-state index contributed by atoms with van der Waals surface area (Å²) in [6, 6.07) is 18.8. The fraction of sp³-hybridized carbons (Fsp3) is 0.100. The van der Waals surface area contributed by atoms with Gasteiger partial charge in [0.15, 0.2) is 0 Å². The van der Waals surface area contributed by atoms with Gasteiger partial charge in [0, 0.05) is 19.8 Å². The lowest BCUT2D eigenvalue weighted by molar-refractivity contribution is -0.115. The fourth-order valence-corrected chi connectivity index (χ4v) is 4.19. The Balaban J connectivity index is 1.60. The quantitative estimate of drug-likeness (QED) is 0.331. The predicted molar refractivity (Wildman–Crippen MR) is 122 cm³/mol. The highest BCUT2D eigenvalue weighted by atomic mass is 127. The number of amides is 2. The van der Waals surface area contributed by atoms with Gasteiger partial charge in [0.25, 0.3) is 5.91 Å². The van der Waals surface area contributed by atoms with Crippen LogP contribution in [0.2, 0.25) is 0 Å². The molecule has 0 fully saturated rings. The Bertz CT molecular complexity index is 927. The molecule has 2 amide bonds. The Morgan fingerprint density at radius 3 is 2.48 bits per heavy atom. The summed E-state index contributed by atoms with van der Waals surface area (Å²) >= 11 is 5.08. The Morgan fingerprint density at radius 1 is 1.00 bits per heavy atom. The second kappa shape index (κ2) is 9.38. The highest BCUT2D eigenvalue weighted by molar-refractivity contribution is 14.1. The first kappa shape index (κ1) is 19.9. The van der Waals surface area contributed by atoms with Crippen molar-refractivity contribution in [1.29, 1.82) is 0 Å². The van der Waals surface area contributed by atoms with Crippen molar-refractivity contribution in [3.63, 3.8) is 0 Å². The average molecular weight is 508 g/mol. The van der Waals surface area contributed by atoms with Crippen LogP contribution in [0.3, 0.4) is 0 Å². The largest absolute Gasteiger partial charge is 0.325 e. The van der Waals surface area contributed by atoms with E-state index >= 15 is 0 Å². The monoisotopic (exact) mass is 508 g/mol. The number of hydrogen-bond acceptors (Lipinski definition) is 4. The molecule has 0 radical (unpaired) electrons. The molecule has 3 aromatic rings. The molecule has 0 saturated heterocycles. The topological polar surface area (TPSA) is 58.2 Å². The Hall–Kier alpha value is -1.84. The lowest BCUT2D eigenvalue weighted by atomic mass is 10.3. The highest BCUT2D eigenvalue weighted by Crippen LogP contribution is 2.27. The first-order chi connectivity index (χ1) is 13.0. The van der Waals surface area contributed by atoms with E-state index < -0.39 is 0 Å². The van der Waals surface area contributed by atoms with Gasteiger partial charge in [-0.25, -0.2) is 0 Å². The van der Waals surface area contributed by atoms with Crippen molar-refractivity contribution in [3.8, 4) is 0 Å². The molecule has 1 aromatic heterocycles. The zero-order chi connectivity index (χ0) is 19.2. The van der Waals surface area contributed by atoms with Gasteiger partial charge in [0.2, 0.25) is 5.91 Å². The Morgan fingerprint density at radius 2 is 1.78 bits per heavy atom. The van der Waals surface area contributed by atoms with Crippen LogP contribution in [0, 0.1) is 3.57 Å². The predicted octanol–water partition coefficient (Wildman–Crippen LogP) is 5.72. The number of thioether (sulfide) groups is 1. The molecule has 3 rings (SSSR count). The van der Waals surface area contributed by atoms with Crippen LogP contribution in [-0.2, 0) is 4.79 Å². The minimum atomic E-state index is -0.271. The summed E-state index contributed by atoms with van der Waals surface area (Å²) in [4.78, 5) is 26.2. The molecular formula is C20H17IN2O2S2. The van der Waals surface area contributed by atoms with Gasteiger partial charge in [-0.05, 0) is 83.4 Å². The molecule has 0 saturated carbocycles. The average Bonchev–Trinajstić information content (AvgIpc) is 3.19. The van der Waals surface area contributed by atoms with Gasteiger partial charge in [-0.15, -0.1) is 23.1 Å². The molecule has 27 heavy (non-hydrogen) atoms. The maximum Gasteiger partial charge on any atom is 0.265 e. The van der Waals surface area contributed by atoms with Crippen LogP contribution in [0.1, 0.15) is 16.6 Å². The van der Waals surface area contributed by atoms with Crippen LogP contribution in [0.25, 0.3) is 0 Å². The molecule has 2 aromatic carbocycles. The molecule has 7 heteroatoms. The molecule has 1 unspecified atom stereocenters. The molecule has 0 aliphatic carbocycles. The van der Waals surface area contributed by atoms with Crippen molar-refractivity contribution in [2.45, 2.75) is 17.1 Å². The number of anilines is 2. The Kier molecular flexibility index (Phi) is 6.92. The second-order valence-corrected chi connectivity index (χ2v) is 9.32. The lowest BCUT2D eigenvalue weighted by Gasteiger charge is -2.13. The molecule has 1 atom stereocenters. The van der Waals surface area contributed by atoms with E-state index in [0.29, 0.717) is 10.6 Å². The van der Waals surface area contributed by atoms with E-state index in [1.54, 1.807) is 6.07 Å². The summed E-state index contributed by atoms with van der Waals surface area (Å²) < 4.78 is 1.12. The van der Waals surface area contributed by atoms with Crippen molar-refractivity contribution in [2.24, 2.45) is 0 Å². The van der Waals surface area contributed by atoms with E-state index in [4.69, 9.17) is 0 Å². The zero-order valence-electron chi connectivity index (χ0n) is 14.4. The Labute approximate surface area is 179 Å². The van der Waals surface area contributed by atoms with Crippen LogP contribution in [0.5, 0.6) is 0 Å². The van der Waals surface area contributed by atoms with Crippen LogP contribution >= 0.6 is 45.7 Å². The lowest BCUT2D eigenvalue weighted by Crippen LogP contribution is -2.22. The second-order valence-electron chi connectivity index (χ2n) is 5.72. The molecule has 1 heterocycles. The summed E-state index contributed by atoms with van der Waals surface area (Å²) in [5.41, 5.74) is 1.49. The minimum absolute atomic E-state index is 0.0609. The number of halogens is 1. The van der Waals surface area contributed by atoms with Crippen molar-refractivity contribution in [2.75, 3.05) is 10.6 Å². The van der Waals surface area contributed by atoms with Gasteiger partial charge < -0.3 is 10.6 Å². The third kappa shape index (κ3) is 5.82. The number of hydrogen-bond donors (Lipinski definition) is 2. The maximum absolute atomic E-state index is 12.4. The molecule has 0 bridgehead atoms. The summed E-state index contributed by atoms with van der Waals surface area (Å²) in [7, 11) is 0. The normalized spacial score (nSPS) is 11.6. The van der Waals surface area contributed by atoms with E-state index in [0.717, 1.165) is 14.2 Å². The summed E-state index contributed by atoms with van der Waals surface area (Å²) in [5, 5.41) is 7.41. The van der Waals surface area contributed by atoms with E-state index in [9.17, 15) is 9.59 Å². The van der Waals surface area contributed by atoms with E-state index in [1.807, 2.05) is 66.9 Å². The molecule has 2 N–H and O–H groups in total. The number of nitrogens with one attached hydrogen (secondary N) is 2. The first-order valence-electron chi connectivity index (χ1n) is 8.19. The third-order valence-corrected chi connectivity index (χ3v) is 6.31. The number of rotatable bonds is 6. The third-order valence-electron chi connectivity index (χ3n) is 3.63. The SMILES string of the molecule is CC(Sc1cccc(NC(=O)c2cccs2)c1)C(=O)Nc1ccc(I)cc1. The zero-order valence-corrected chi connectivity index (χ0v) is 18.2. The number of carbonyl (C=O) groups excluding carboxylic acids is 2. The molecule has 0 aliphatic heterocycles. The van der Waals surface area contributed by atoms with Crippen molar-refractivity contribution in [3.05, 3.63) is 74.5 Å². The number of benzene rings is 2. The maximum atomic E-state index is 12.4.